The van der Waals surface area contributed by atoms with E-state index >= 15 is 0 Å². The third kappa shape index (κ3) is 3.63. The average Bonchev–Trinajstić information content (AvgIpc) is 2.61. The maximum Gasteiger partial charge on any atom is 0.311 e. The second-order valence-electron chi connectivity index (χ2n) is 7.20. The number of carboxylic acid groups (broad SMARTS) is 1. The first-order valence-corrected chi connectivity index (χ1v) is 9.00. The summed E-state index contributed by atoms with van der Waals surface area (Å²) in [7, 11) is 2.11. The second-order valence-corrected chi connectivity index (χ2v) is 7.20. The molecule has 1 aromatic rings. The number of aromatic nitrogens is 2. The van der Waals surface area contributed by atoms with Gasteiger partial charge in [0.15, 0.2) is 0 Å². The number of hydrogen-bond acceptors (Lipinski definition) is 7. The number of nitrogens with two attached hydrogens (primary N) is 1. The SMILES string of the molecule is CC[C@]1(C(=O)O)CCCN(c2cc(N3CCN(C)CC3)nc(N)n2)C1. The highest BCUT2D eigenvalue weighted by molar-refractivity contribution is 5.76. The molecule has 3 rings (SSSR count). The van der Waals surface area contributed by atoms with Crippen LogP contribution in [-0.4, -0.2) is 72.3 Å². The molecule has 0 saturated carbocycles. The minimum Gasteiger partial charge on any atom is -0.481 e. The zero-order valence-electron chi connectivity index (χ0n) is 15.1. The van der Waals surface area contributed by atoms with Crippen molar-refractivity contribution in [3.63, 3.8) is 0 Å². The fraction of sp³-hybridized carbons (Fsp3) is 0.706. The number of piperazine rings is 1. The van der Waals surface area contributed by atoms with Gasteiger partial charge in [-0.2, -0.15) is 9.97 Å². The van der Waals surface area contributed by atoms with Crippen LogP contribution < -0.4 is 15.5 Å². The highest BCUT2D eigenvalue weighted by atomic mass is 16.4. The van der Waals surface area contributed by atoms with Gasteiger partial charge in [0.25, 0.3) is 0 Å². The molecule has 0 unspecified atom stereocenters. The summed E-state index contributed by atoms with van der Waals surface area (Å²) in [6, 6.07) is 1.95. The smallest absolute Gasteiger partial charge is 0.311 e. The quantitative estimate of drug-likeness (QED) is 0.828. The first-order chi connectivity index (χ1) is 11.9. The van der Waals surface area contributed by atoms with Gasteiger partial charge in [0.05, 0.1) is 5.41 Å². The maximum absolute atomic E-state index is 11.8. The summed E-state index contributed by atoms with van der Waals surface area (Å²) in [6.45, 7) is 7.00. The summed E-state index contributed by atoms with van der Waals surface area (Å²) in [6.07, 6.45) is 2.17. The number of nitrogen functional groups attached to an aromatic ring is 1. The van der Waals surface area contributed by atoms with Crippen LogP contribution in [0.15, 0.2) is 6.07 Å². The highest BCUT2D eigenvalue weighted by Crippen LogP contribution is 2.36. The Labute approximate surface area is 148 Å². The lowest BCUT2D eigenvalue weighted by molar-refractivity contribution is -0.149. The number of hydrogen-bond donors (Lipinski definition) is 2. The van der Waals surface area contributed by atoms with E-state index in [2.05, 4.69) is 31.7 Å². The number of aliphatic carboxylic acids is 1. The van der Waals surface area contributed by atoms with Gasteiger partial charge in [-0.15, -0.1) is 0 Å². The second kappa shape index (κ2) is 7.03. The Bertz CT molecular complexity index is 632. The van der Waals surface area contributed by atoms with Gasteiger partial charge in [0, 0.05) is 45.3 Å². The zero-order chi connectivity index (χ0) is 18.0. The molecule has 2 aliphatic heterocycles. The van der Waals surface area contributed by atoms with Gasteiger partial charge in [0.1, 0.15) is 11.6 Å². The molecule has 2 fully saturated rings. The van der Waals surface area contributed by atoms with Crippen molar-refractivity contribution < 1.29 is 9.90 Å². The van der Waals surface area contributed by atoms with Crippen LogP contribution >= 0.6 is 0 Å². The van der Waals surface area contributed by atoms with Crippen LogP contribution in [0.3, 0.4) is 0 Å². The van der Waals surface area contributed by atoms with Gasteiger partial charge in [-0.3, -0.25) is 4.79 Å². The summed E-state index contributed by atoms with van der Waals surface area (Å²) in [5.74, 6) is 1.09. The molecule has 25 heavy (non-hydrogen) atoms. The molecule has 2 aliphatic rings. The number of nitrogens with zero attached hydrogens (tertiary/aromatic N) is 5. The van der Waals surface area contributed by atoms with Crippen molar-refractivity contribution >= 4 is 23.6 Å². The predicted octanol–water partition coefficient (Wildman–Crippen LogP) is 0.892. The summed E-state index contributed by atoms with van der Waals surface area (Å²) < 4.78 is 0. The number of carboxylic acids is 1. The predicted molar refractivity (Wildman–Crippen MR) is 98.0 cm³/mol. The van der Waals surface area contributed by atoms with E-state index in [-0.39, 0.29) is 5.95 Å². The molecule has 3 heterocycles. The van der Waals surface area contributed by atoms with E-state index in [1.54, 1.807) is 0 Å². The van der Waals surface area contributed by atoms with E-state index in [9.17, 15) is 9.90 Å². The highest BCUT2D eigenvalue weighted by Gasteiger charge is 2.41. The van der Waals surface area contributed by atoms with Gasteiger partial charge in [-0.05, 0) is 26.3 Å². The van der Waals surface area contributed by atoms with Gasteiger partial charge in [0.2, 0.25) is 5.95 Å². The van der Waals surface area contributed by atoms with Crippen LogP contribution in [0.2, 0.25) is 0 Å². The van der Waals surface area contributed by atoms with Crippen molar-refractivity contribution in [2.75, 3.05) is 61.8 Å². The van der Waals surface area contributed by atoms with Gasteiger partial charge in [-0.25, -0.2) is 0 Å². The van der Waals surface area contributed by atoms with Crippen LogP contribution in [0, 0.1) is 5.41 Å². The van der Waals surface area contributed by atoms with Crippen LogP contribution in [0.25, 0.3) is 0 Å². The Hall–Kier alpha value is -2.09. The van der Waals surface area contributed by atoms with E-state index < -0.39 is 11.4 Å². The van der Waals surface area contributed by atoms with E-state index in [0.717, 1.165) is 50.8 Å². The van der Waals surface area contributed by atoms with Crippen LogP contribution in [-0.2, 0) is 4.79 Å². The summed E-state index contributed by atoms with van der Waals surface area (Å²) >= 11 is 0. The standard InChI is InChI=1S/C17H28N6O2/c1-3-17(15(24)25)5-4-6-23(12-17)14-11-13(19-16(18)20-14)22-9-7-21(2)8-10-22/h11H,3-10,12H2,1-2H3,(H,24,25)(H2,18,19,20)/t17-/m0/s1. The fourth-order valence-electron chi connectivity index (χ4n) is 3.74. The number of carbonyl (C=O) groups is 1. The molecule has 0 amide bonds. The van der Waals surface area contributed by atoms with Crippen molar-refractivity contribution in [1.29, 1.82) is 0 Å². The van der Waals surface area contributed by atoms with E-state index in [0.29, 0.717) is 19.4 Å². The van der Waals surface area contributed by atoms with Gasteiger partial charge >= 0.3 is 5.97 Å². The van der Waals surface area contributed by atoms with E-state index in [1.807, 2.05) is 13.0 Å². The first-order valence-electron chi connectivity index (χ1n) is 9.00. The Morgan fingerprint density at radius 1 is 1.20 bits per heavy atom. The average molecular weight is 348 g/mol. The summed E-state index contributed by atoms with van der Waals surface area (Å²) in [5, 5.41) is 9.69. The van der Waals surface area contributed by atoms with Gasteiger partial charge < -0.3 is 25.5 Å². The number of likely N-dealkylation sites (N-methyl/N-ethyl adjacent to an activating group) is 1. The molecule has 2 saturated heterocycles. The van der Waals surface area contributed by atoms with Crippen molar-refractivity contribution in [2.45, 2.75) is 26.2 Å². The molecule has 1 aromatic heterocycles. The molecule has 0 bridgehead atoms. The number of anilines is 3. The normalized spacial score (nSPS) is 25.2. The lowest BCUT2D eigenvalue weighted by Crippen LogP contribution is -2.48. The minimum atomic E-state index is -0.721. The third-order valence-electron chi connectivity index (χ3n) is 5.58. The van der Waals surface area contributed by atoms with E-state index in [1.165, 1.54) is 0 Å². The first kappa shape index (κ1) is 17.7. The molecular weight excluding hydrogens is 320 g/mol. The van der Waals surface area contributed by atoms with Crippen LogP contribution in [0.1, 0.15) is 26.2 Å². The molecule has 8 nitrogen and oxygen atoms in total. The summed E-state index contributed by atoms with van der Waals surface area (Å²) in [4.78, 5) is 27.1. The number of rotatable bonds is 4. The van der Waals surface area contributed by atoms with Crippen LogP contribution in [0.4, 0.5) is 17.6 Å². The molecule has 138 valence electrons. The molecule has 1 atom stereocenters. The van der Waals surface area contributed by atoms with E-state index in [4.69, 9.17) is 5.73 Å². The molecule has 0 aromatic carbocycles. The van der Waals surface area contributed by atoms with Crippen molar-refractivity contribution in [3.05, 3.63) is 6.07 Å². The Morgan fingerprint density at radius 2 is 1.84 bits per heavy atom. The van der Waals surface area contributed by atoms with Crippen molar-refractivity contribution in [2.24, 2.45) is 5.41 Å². The molecule has 0 aliphatic carbocycles. The largest absolute Gasteiger partial charge is 0.481 e. The summed E-state index contributed by atoms with van der Waals surface area (Å²) in [5.41, 5.74) is 5.26. The van der Waals surface area contributed by atoms with Crippen LogP contribution in [0.5, 0.6) is 0 Å². The topological polar surface area (TPSA) is 98.8 Å². The molecule has 8 heteroatoms. The molecule has 0 spiro atoms. The van der Waals surface area contributed by atoms with Crippen molar-refractivity contribution in [3.8, 4) is 0 Å². The zero-order valence-corrected chi connectivity index (χ0v) is 15.1. The molecular formula is C17H28N6O2. The molecule has 0 radical (unpaired) electrons. The third-order valence-corrected chi connectivity index (χ3v) is 5.58. The lowest BCUT2D eigenvalue weighted by Gasteiger charge is -2.40. The fourth-order valence-corrected chi connectivity index (χ4v) is 3.74. The Kier molecular flexibility index (Phi) is 4.99. The minimum absolute atomic E-state index is 0.245. The lowest BCUT2D eigenvalue weighted by atomic mass is 9.77. The van der Waals surface area contributed by atoms with Crippen molar-refractivity contribution in [1.82, 2.24) is 14.9 Å². The monoisotopic (exact) mass is 348 g/mol. The molecule has 3 N–H and O–H groups in total. The van der Waals surface area contributed by atoms with Gasteiger partial charge in [-0.1, -0.05) is 6.92 Å². The number of piperidine rings is 1. The Balaban J connectivity index is 1.83. The Morgan fingerprint density at radius 3 is 2.44 bits per heavy atom. The maximum atomic E-state index is 11.8.